The second-order valence-corrected chi connectivity index (χ2v) is 8.49. The fourth-order valence-electron chi connectivity index (χ4n) is 3.92. The SMILES string of the molecule is CCOC(=O)C1=c2s/c(=C/c3ccccc3F)c(=O)n2C(N)=C(C(=O)OC)[C@@H]1c1ccccc1F. The lowest BCUT2D eigenvalue weighted by Crippen LogP contribution is -2.42. The largest absolute Gasteiger partial charge is 0.466 e. The highest BCUT2D eigenvalue weighted by atomic mass is 32.1. The number of hydrogen-bond donors (Lipinski definition) is 1. The van der Waals surface area contributed by atoms with Crippen LogP contribution < -0.4 is 20.5 Å². The molecule has 2 aromatic carbocycles. The van der Waals surface area contributed by atoms with Crippen LogP contribution in [0.2, 0.25) is 0 Å². The minimum atomic E-state index is -1.30. The van der Waals surface area contributed by atoms with Crippen molar-refractivity contribution in [3.63, 3.8) is 0 Å². The van der Waals surface area contributed by atoms with E-state index in [2.05, 4.69) is 0 Å². The lowest BCUT2D eigenvalue weighted by atomic mass is 9.83. The molecule has 2 heterocycles. The smallest absolute Gasteiger partial charge is 0.338 e. The molecule has 0 amide bonds. The number of carbonyl (C=O) groups excluding carboxylic acids is 2. The minimum absolute atomic E-state index is 0.0110. The Balaban J connectivity index is 2.16. The highest BCUT2D eigenvalue weighted by Crippen LogP contribution is 2.38. The molecule has 1 aliphatic rings. The predicted molar refractivity (Wildman–Crippen MR) is 126 cm³/mol. The van der Waals surface area contributed by atoms with Crippen LogP contribution in [0.15, 0.2) is 58.9 Å². The third-order valence-electron chi connectivity index (χ3n) is 5.46. The summed E-state index contributed by atoms with van der Waals surface area (Å²) in [6.45, 7) is 1.58. The molecular weight excluding hydrogens is 478 g/mol. The summed E-state index contributed by atoms with van der Waals surface area (Å²) in [6.07, 6.45) is 1.32. The van der Waals surface area contributed by atoms with Crippen LogP contribution in [0.4, 0.5) is 8.78 Å². The van der Waals surface area contributed by atoms with Crippen molar-refractivity contribution in [2.24, 2.45) is 5.73 Å². The third kappa shape index (κ3) is 4.17. The van der Waals surface area contributed by atoms with Gasteiger partial charge >= 0.3 is 11.9 Å². The molecule has 0 unspecified atom stereocenters. The highest BCUT2D eigenvalue weighted by Gasteiger charge is 2.40. The summed E-state index contributed by atoms with van der Waals surface area (Å²) in [6, 6.07) is 11.4. The maximum absolute atomic E-state index is 15.0. The van der Waals surface area contributed by atoms with Crippen molar-refractivity contribution in [3.8, 4) is 0 Å². The van der Waals surface area contributed by atoms with E-state index in [4.69, 9.17) is 15.2 Å². The zero-order valence-electron chi connectivity index (χ0n) is 18.7. The molecule has 1 atom stereocenters. The maximum atomic E-state index is 15.0. The predicted octanol–water partition coefficient (Wildman–Crippen LogP) is 1.83. The molecule has 1 aromatic heterocycles. The van der Waals surface area contributed by atoms with Crippen LogP contribution in [-0.4, -0.2) is 30.2 Å². The molecule has 3 aromatic rings. The van der Waals surface area contributed by atoms with Crippen LogP contribution in [0.5, 0.6) is 0 Å². The van der Waals surface area contributed by atoms with Gasteiger partial charge in [-0.05, 0) is 25.1 Å². The van der Waals surface area contributed by atoms with E-state index in [1.807, 2.05) is 0 Å². The summed E-state index contributed by atoms with van der Waals surface area (Å²) in [5.41, 5.74) is 5.29. The Labute approximate surface area is 202 Å². The number of ether oxygens (including phenoxy) is 2. The standard InChI is InChI=1S/C25H20F2N2O5S/c1-3-34-25(32)20-18(14-9-5-7-11-16(14)27)19(24(31)33-2)21(28)29-22(30)17(35-23(20)29)12-13-8-4-6-10-15(13)26/h4-12,18H,3,28H2,1-2H3/b17-12+/t18-/m0/s1. The zero-order chi connectivity index (χ0) is 25.3. The Hall–Kier alpha value is -4.05. The molecule has 4 rings (SSSR count). The number of esters is 2. The van der Waals surface area contributed by atoms with Gasteiger partial charge in [-0.1, -0.05) is 36.4 Å². The van der Waals surface area contributed by atoms with Crippen molar-refractivity contribution >= 4 is 40.7 Å². The van der Waals surface area contributed by atoms with Gasteiger partial charge in [0.15, 0.2) is 0 Å². The molecule has 1 aliphatic heterocycles. The number of thiazole rings is 1. The number of hydrogen-bond acceptors (Lipinski definition) is 7. The normalized spacial score (nSPS) is 15.7. The molecule has 0 aliphatic carbocycles. The zero-order valence-corrected chi connectivity index (χ0v) is 19.5. The number of nitrogens with zero attached hydrogens (tertiary/aromatic N) is 1. The van der Waals surface area contributed by atoms with Crippen molar-refractivity contribution in [2.75, 3.05) is 13.7 Å². The van der Waals surface area contributed by atoms with Crippen LogP contribution in [-0.2, 0) is 19.1 Å². The van der Waals surface area contributed by atoms with Crippen LogP contribution in [0.1, 0.15) is 24.0 Å². The second-order valence-electron chi connectivity index (χ2n) is 7.46. The number of methoxy groups -OCH3 is 1. The van der Waals surface area contributed by atoms with Crippen LogP contribution >= 0.6 is 11.3 Å². The van der Waals surface area contributed by atoms with E-state index < -0.39 is 35.1 Å². The molecule has 0 saturated carbocycles. The van der Waals surface area contributed by atoms with Gasteiger partial charge in [-0.15, -0.1) is 11.3 Å². The van der Waals surface area contributed by atoms with E-state index >= 15 is 0 Å². The first-order valence-electron chi connectivity index (χ1n) is 10.5. The van der Waals surface area contributed by atoms with Crippen LogP contribution in [0, 0.1) is 11.6 Å². The summed E-state index contributed by atoms with van der Waals surface area (Å²) in [4.78, 5) is 39.4. The van der Waals surface area contributed by atoms with E-state index in [9.17, 15) is 23.2 Å². The summed E-state index contributed by atoms with van der Waals surface area (Å²) in [5, 5.41) is 0. The van der Waals surface area contributed by atoms with Crippen LogP contribution in [0.25, 0.3) is 17.5 Å². The molecule has 0 fully saturated rings. The van der Waals surface area contributed by atoms with Gasteiger partial charge < -0.3 is 15.2 Å². The molecule has 2 N–H and O–H groups in total. The van der Waals surface area contributed by atoms with Gasteiger partial charge in [0, 0.05) is 11.1 Å². The Kier molecular flexibility index (Phi) is 6.65. The highest BCUT2D eigenvalue weighted by molar-refractivity contribution is 7.07. The lowest BCUT2D eigenvalue weighted by Gasteiger charge is -2.27. The number of fused-ring (bicyclic) bond motifs is 1. The first-order chi connectivity index (χ1) is 16.8. The van der Waals surface area contributed by atoms with Crippen LogP contribution in [0.3, 0.4) is 0 Å². The van der Waals surface area contributed by atoms with E-state index in [-0.39, 0.29) is 43.9 Å². The first kappa shape index (κ1) is 24.1. The fraction of sp³-hybridized carbons (Fsp3) is 0.160. The van der Waals surface area contributed by atoms with Gasteiger partial charge in [0.05, 0.1) is 35.3 Å². The molecule has 35 heavy (non-hydrogen) atoms. The number of nitrogens with two attached hydrogens (primary N) is 1. The number of halogens is 2. The number of benzene rings is 2. The fourth-order valence-corrected chi connectivity index (χ4v) is 5.07. The van der Waals surface area contributed by atoms with Gasteiger partial charge in [0.2, 0.25) is 0 Å². The molecule has 7 nitrogen and oxygen atoms in total. The summed E-state index contributed by atoms with van der Waals surface area (Å²) >= 11 is 0.859. The second kappa shape index (κ2) is 9.67. The van der Waals surface area contributed by atoms with Crippen molar-refractivity contribution in [3.05, 3.63) is 96.4 Å². The number of aromatic nitrogens is 1. The van der Waals surface area contributed by atoms with Crippen molar-refractivity contribution in [1.29, 1.82) is 0 Å². The topological polar surface area (TPSA) is 101 Å². The summed E-state index contributed by atoms with van der Waals surface area (Å²) in [5.74, 6) is -4.67. The third-order valence-corrected chi connectivity index (χ3v) is 6.57. The molecule has 10 heteroatoms. The van der Waals surface area contributed by atoms with E-state index in [0.29, 0.717) is 0 Å². The molecule has 0 saturated heterocycles. The summed E-state index contributed by atoms with van der Waals surface area (Å²) < 4.78 is 40.4. The average Bonchev–Trinajstić information content (AvgIpc) is 3.16. The van der Waals surface area contributed by atoms with Gasteiger partial charge in [0.1, 0.15) is 22.1 Å². The van der Waals surface area contributed by atoms with Gasteiger partial charge in [-0.2, -0.15) is 0 Å². The van der Waals surface area contributed by atoms with Gasteiger partial charge in [-0.25, -0.2) is 18.4 Å². The molecule has 0 radical (unpaired) electrons. The Bertz CT molecular complexity index is 1550. The lowest BCUT2D eigenvalue weighted by molar-refractivity contribution is -0.136. The Morgan fingerprint density at radius 2 is 1.71 bits per heavy atom. The van der Waals surface area contributed by atoms with Gasteiger partial charge in [-0.3, -0.25) is 9.36 Å². The summed E-state index contributed by atoms with van der Waals surface area (Å²) in [7, 11) is 1.11. The Morgan fingerprint density at radius 1 is 1.06 bits per heavy atom. The van der Waals surface area contributed by atoms with E-state index in [1.165, 1.54) is 42.5 Å². The Morgan fingerprint density at radius 3 is 2.34 bits per heavy atom. The number of rotatable bonds is 5. The molecular formula is C25H20F2N2O5S. The monoisotopic (exact) mass is 498 g/mol. The number of carbonyl (C=O) groups is 2. The minimum Gasteiger partial charge on any atom is -0.466 e. The average molecular weight is 499 g/mol. The molecule has 180 valence electrons. The van der Waals surface area contributed by atoms with Crippen molar-refractivity contribution in [2.45, 2.75) is 12.8 Å². The van der Waals surface area contributed by atoms with Crippen molar-refractivity contribution in [1.82, 2.24) is 4.57 Å². The quantitative estimate of drug-likeness (QED) is 0.539. The molecule has 0 spiro atoms. The van der Waals surface area contributed by atoms with Crippen molar-refractivity contribution < 1.29 is 27.8 Å². The van der Waals surface area contributed by atoms with Gasteiger partial charge in [0.25, 0.3) is 5.56 Å². The first-order valence-corrected chi connectivity index (χ1v) is 11.3. The van der Waals surface area contributed by atoms with E-state index in [1.54, 1.807) is 19.1 Å². The van der Waals surface area contributed by atoms with E-state index in [0.717, 1.165) is 23.0 Å². The molecule has 0 bridgehead atoms. The maximum Gasteiger partial charge on any atom is 0.338 e.